The molecule has 1 heterocycles. The van der Waals surface area contributed by atoms with E-state index in [0.717, 1.165) is 12.1 Å². The summed E-state index contributed by atoms with van der Waals surface area (Å²) in [5.74, 6) is -0.264. The first kappa shape index (κ1) is 26.0. The zero-order valence-corrected chi connectivity index (χ0v) is 17.9. The number of carbonyl (C=O) groups excluding carboxylic acids is 2. The standard InChI is InChI=1S/C19H26N4O3.BF4/c1-19(2,3)26-18(25)21-12-17(24)20-11-15-5-7-16(8-6-15)13-23-10-9-22(4)14-23;2-1(3,4)5/h5-10,14H,11-13H2,1-4H3,(H-,20,21,24,25);/q;-1/p+1. The van der Waals surface area contributed by atoms with E-state index in [-0.39, 0.29) is 12.5 Å². The number of amides is 2. The van der Waals surface area contributed by atoms with Crippen molar-refractivity contribution in [2.24, 2.45) is 7.05 Å². The summed E-state index contributed by atoms with van der Waals surface area (Å²) in [4.78, 5) is 23.3. The van der Waals surface area contributed by atoms with E-state index in [0.29, 0.717) is 6.54 Å². The highest BCUT2D eigenvalue weighted by molar-refractivity contribution is 6.50. The Morgan fingerprint density at radius 2 is 1.61 bits per heavy atom. The lowest BCUT2D eigenvalue weighted by Crippen LogP contribution is -2.39. The molecule has 172 valence electrons. The van der Waals surface area contributed by atoms with Crippen LogP contribution >= 0.6 is 0 Å². The summed E-state index contributed by atoms with van der Waals surface area (Å²) in [5.41, 5.74) is 1.60. The summed E-state index contributed by atoms with van der Waals surface area (Å²) >= 11 is 0. The van der Waals surface area contributed by atoms with Gasteiger partial charge >= 0.3 is 13.3 Å². The van der Waals surface area contributed by atoms with Crippen LogP contribution in [0.4, 0.5) is 22.1 Å². The van der Waals surface area contributed by atoms with Crippen LogP contribution in [-0.2, 0) is 29.7 Å². The van der Waals surface area contributed by atoms with Gasteiger partial charge in [0.15, 0.2) is 0 Å². The molecule has 31 heavy (non-hydrogen) atoms. The zero-order valence-electron chi connectivity index (χ0n) is 17.9. The summed E-state index contributed by atoms with van der Waals surface area (Å²) in [5, 5.41) is 5.21. The van der Waals surface area contributed by atoms with Crippen LogP contribution in [0.2, 0.25) is 0 Å². The average molecular weight is 446 g/mol. The second kappa shape index (κ2) is 11.4. The summed E-state index contributed by atoms with van der Waals surface area (Å²) in [6, 6.07) is 8.06. The fourth-order valence-electron chi connectivity index (χ4n) is 2.30. The molecule has 0 aliphatic rings. The molecule has 0 fully saturated rings. The lowest BCUT2D eigenvalue weighted by atomic mass is 10.1. The van der Waals surface area contributed by atoms with Gasteiger partial charge in [-0.3, -0.25) is 4.79 Å². The highest BCUT2D eigenvalue weighted by Crippen LogP contribution is 2.08. The molecule has 0 atom stereocenters. The van der Waals surface area contributed by atoms with Crippen molar-refractivity contribution in [1.29, 1.82) is 0 Å². The Morgan fingerprint density at radius 3 is 2.10 bits per heavy atom. The number of aromatic nitrogens is 2. The van der Waals surface area contributed by atoms with Crippen molar-refractivity contribution < 1.29 is 36.2 Å². The predicted molar refractivity (Wildman–Crippen MR) is 107 cm³/mol. The molecule has 0 saturated carbocycles. The van der Waals surface area contributed by atoms with E-state index in [9.17, 15) is 26.9 Å². The van der Waals surface area contributed by atoms with Crippen molar-refractivity contribution >= 4 is 19.3 Å². The van der Waals surface area contributed by atoms with E-state index in [1.807, 2.05) is 54.6 Å². The normalized spacial score (nSPS) is 11.2. The lowest BCUT2D eigenvalue weighted by molar-refractivity contribution is -0.671. The highest BCUT2D eigenvalue weighted by Gasteiger charge is 2.20. The number of aryl methyl sites for hydroxylation is 1. The van der Waals surface area contributed by atoms with Gasteiger partial charge in [-0.25, -0.2) is 13.9 Å². The van der Waals surface area contributed by atoms with E-state index in [1.165, 1.54) is 5.56 Å². The number of nitrogens with zero attached hydrogens (tertiary/aromatic N) is 2. The quantitative estimate of drug-likeness (QED) is 0.407. The second-order valence-electron chi connectivity index (χ2n) is 7.69. The van der Waals surface area contributed by atoms with Gasteiger partial charge in [-0.1, -0.05) is 24.3 Å². The van der Waals surface area contributed by atoms with Crippen LogP contribution in [0.1, 0.15) is 31.9 Å². The third kappa shape index (κ3) is 13.7. The first-order valence-corrected chi connectivity index (χ1v) is 9.41. The summed E-state index contributed by atoms with van der Waals surface area (Å²) in [6.45, 7) is 6.41. The molecule has 0 aliphatic carbocycles. The molecule has 1 aromatic carbocycles. The molecule has 7 nitrogen and oxygen atoms in total. The van der Waals surface area contributed by atoms with Crippen molar-refractivity contribution in [1.82, 2.24) is 15.2 Å². The molecular weight excluding hydrogens is 419 g/mol. The molecule has 2 rings (SSSR count). The fraction of sp³-hybridized carbons (Fsp3) is 0.421. The Hall–Kier alpha value is -3.05. The van der Waals surface area contributed by atoms with Gasteiger partial charge in [-0.2, -0.15) is 0 Å². The van der Waals surface area contributed by atoms with Crippen molar-refractivity contribution in [3.05, 3.63) is 54.1 Å². The first-order chi connectivity index (χ1) is 14.2. The minimum Gasteiger partial charge on any atom is -0.444 e. The molecule has 0 aliphatic heterocycles. The van der Waals surface area contributed by atoms with Gasteiger partial charge in [-0.15, -0.1) is 0 Å². The number of alkyl carbamates (subject to hydrolysis) is 1. The van der Waals surface area contributed by atoms with Crippen LogP contribution in [0.25, 0.3) is 0 Å². The molecule has 2 N–H and O–H groups in total. The van der Waals surface area contributed by atoms with Gasteiger partial charge in [0.1, 0.15) is 31.1 Å². The molecular formula is C19H27BF4N4O3. The van der Waals surface area contributed by atoms with Gasteiger partial charge in [0.2, 0.25) is 12.2 Å². The molecule has 2 aromatic rings. The van der Waals surface area contributed by atoms with Gasteiger partial charge in [0, 0.05) is 6.54 Å². The van der Waals surface area contributed by atoms with Gasteiger partial charge in [0.05, 0.1) is 7.05 Å². The van der Waals surface area contributed by atoms with Gasteiger partial charge in [0.25, 0.3) is 0 Å². The predicted octanol–water partition coefficient (Wildman–Crippen LogP) is 2.80. The highest BCUT2D eigenvalue weighted by atomic mass is 19.5. The topological polar surface area (TPSA) is 76.2 Å². The van der Waals surface area contributed by atoms with E-state index in [1.54, 1.807) is 20.8 Å². The van der Waals surface area contributed by atoms with Crippen LogP contribution in [0.15, 0.2) is 43.0 Å². The lowest BCUT2D eigenvalue weighted by Gasteiger charge is -2.19. The number of hydrogen-bond donors (Lipinski definition) is 2. The molecule has 0 unspecified atom stereocenters. The minimum atomic E-state index is -6.00. The summed E-state index contributed by atoms with van der Waals surface area (Å²) in [7, 11) is -4.01. The van der Waals surface area contributed by atoms with Crippen LogP contribution < -0.4 is 15.2 Å². The molecule has 0 bridgehead atoms. The van der Waals surface area contributed by atoms with Crippen molar-refractivity contribution in [2.45, 2.75) is 39.5 Å². The summed E-state index contributed by atoms with van der Waals surface area (Å²) in [6.07, 6.45) is 5.43. The van der Waals surface area contributed by atoms with Gasteiger partial charge < -0.3 is 32.6 Å². The largest absolute Gasteiger partial charge is 0.673 e. The number of imidazole rings is 1. The summed E-state index contributed by atoms with van der Waals surface area (Å²) < 4.78 is 48.2. The third-order valence-electron chi connectivity index (χ3n) is 3.49. The van der Waals surface area contributed by atoms with E-state index in [4.69, 9.17) is 4.74 Å². The average Bonchev–Trinajstić information content (AvgIpc) is 3.01. The Morgan fingerprint density at radius 1 is 1.06 bits per heavy atom. The molecule has 12 heteroatoms. The Kier molecular flexibility index (Phi) is 9.54. The minimum absolute atomic E-state index is 0.113. The zero-order chi connectivity index (χ0) is 23.7. The van der Waals surface area contributed by atoms with Gasteiger partial charge in [-0.05, 0) is 31.9 Å². The fourth-order valence-corrected chi connectivity index (χ4v) is 2.30. The SMILES string of the molecule is C[n+]1ccn(Cc2ccc(CNC(=O)CNC(=O)OC(C)(C)C)cc2)c1.F[B-](F)(F)F. The number of nitrogens with one attached hydrogen (secondary N) is 2. The maximum atomic E-state index is 11.8. The number of benzene rings is 1. The number of carbonyl (C=O) groups is 2. The Bertz CT molecular complexity index is 843. The smallest absolute Gasteiger partial charge is 0.444 e. The van der Waals surface area contributed by atoms with Crippen molar-refractivity contribution in [3.63, 3.8) is 0 Å². The Labute approximate surface area is 178 Å². The number of halogens is 4. The van der Waals surface area contributed by atoms with E-state index >= 15 is 0 Å². The monoisotopic (exact) mass is 446 g/mol. The molecule has 0 saturated heterocycles. The van der Waals surface area contributed by atoms with Crippen LogP contribution in [0.3, 0.4) is 0 Å². The molecule has 0 spiro atoms. The van der Waals surface area contributed by atoms with Crippen LogP contribution in [-0.4, -0.2) is 36.0 Å². The Balaban J connectivity index is 0.000000861. The van der Waals surface area contributed by atoms with E-state index in [2.05, 4.69) is 15.2 Å². The molecule has 2 amide bonds. The maximum Gasteiger partial charge on any atom is 0.673 e. The van der Waals surface area contributed by atoms with Crippen LogP contribution in [0, 0.1) is 0 Å². The number of rotatable bonds is 6. The van der Waals surface area contributed by atoms with Crippen molar-refractivity contribution in [2.75, 3.05) is 6.54 Å². The molecule has 0 radical (unpaired) electrons. The van der Waals surface area contributed by atoms with Crippen molar-refractivity contribution in [3.8, 4) is 0 Å². The number of ether oxygens (including phenoxy) is 1. The first-order valence-electron chi connectivity index (χ1n) is 9.41. The number of hydrogen-bond acceptors (Lipinski definition) is 3. The maximum absolute atomic E-state index is 11.8. The third-order valence-corrected chi connectivity index (χ3v) is 3.49. The van der Waals surface area contributed by atoms with Crippen LogP contribution in [0.5, 0.6) is 0 Å². The van der Waals surface area contributed by atoms with E-state index < -0.39 is 18.9 Å². The second-order valence-corrected chi connectivity index (χ2v) is 7.69. The molecule has 1 aromatic heterocycles.